The van der Waals surface area contributed by atoms with E-state index in [1.165, 1.54) is 11.8 Å². The molecule has 1 amide bonds. The number of amides is 1. The van der Waals surface area contributed by atoms with Crippen molar-refractivity contribution in [2.45, 2.75) is 5.75 Å². The van der Waals surface area contributed by atoms with Gasteiger partial charge in [-0.3, -0.25) is 14.7 Å². The average Bonchev–Trinajstić information content (AvgIpc) is 3.16. The van der Waals surface area contributed by atoms with Crippen LogP contribution in [0.15, 0.2) is 65.7 Å². The molecule has 1 heterocycles. The molecule has 3 aromatic carbocycles. The van der Waals surface area contributed by atoms with E-state index in [0.717, 1.165) is 21.5 Å². The third-order valence-corrected chi connectivity index (χ3v) is 6.22. The molecule has 0 aromatic heterocycles. The van der Waals surface area contributed by atoms with Gasteiger partial charge in [0.05, 0.1) is 16.6 Å². The highest BCUT2D eigenvalue weighted by Crippen LogP contribution is 2.27. The minimum atomic E-state index is -0.0151. The van der Waals surface area contributed by atoms with Crippen LogP contribution in [0.25, 0.3) is 10.8 Å². The molecule has 136 valence electrons. The number of benzene rings is 3. The van der Waals surface area contributed by atoms with Crippen molar-refractivity contribution < 1.29 is 4.79 Å². The van der Waals surface area contributed by atoms with Crippen LogP contribution in [0, 0.1) is 0 Å². The van der Waals surface area contributed by atoms with Gasteiger partial charge in [-0.25, -0.2) is 0 Å². The van der Waals surface area contributed by atoms with Gasteiger partial charge in [0.25, 0.3) is 5.91 Å². The number of rotatable bonds is 3. The van der Waals surface area contributed by atoms with Gasteiger partial charge >= 0.3 is 0 Å². The van der Waals surface area contributed by atoms with Gasteiger partial charge in [-0.15, -0.1) is 0 Å². The summed E-state index contributed by atoms with van der Waals surface area (Å²) in [6, 6.07) is 19.4. The van der Waals surface area contributed by atoms with E-state index in [1.54, 1.807) is 11.0 Å². The molecule has 27 heavy (non-hydrogen) atoms. The van der Waals surface area contributed by atoms with Crippen LogP contribution in [-0.4, -0.2) is 29.1 Å². The number of aliphatic imine (C=N–C) groups is 1. The van der Waals surface area contributed by atoms with Crippen molar-refractivity contribution >= 4 is 56.8 Å². The fourth-order valence-electron chi connectivity index (χ4n) is 2.99. The zero-order valence-corrected chi connectivity index (χ0v) is 16.7. The van der Waals surface area contributed by atoms with E-state index in [-0.39, 0.29) is 5.91 Å². The Morgan fingerprint density at radius 2 is 1.81 bits per heavy atom. The predicted octanol–water partition coefficient (Wildman–Crippen LogP) is 5.89. The van der Waals surface area contributed by atoms with E-state index >= 15 is 0 Å². The molecule has 3 nitrogen and oxygen atoms in total. The Kier molecular flexibility index (Phi) is 5.39. The normalized spacial score (nSPS) is 13.9. The van der Waals surface area contributed by atoms with Gasteiger partial charge in [0.1, 0.15) is 0 Å². The molecule has 6 heteroatoms. The van der Waals surface area contributed by atoms with E-state index in [1.807, 2.05) is 54.6 Å². The van der Waals surface area contributed by atoms with Crippen LogP contribution in [0.2, 0.25) is 10.0 Å². The maximum atomic E-state index is 13.0. The van der Waals surface area contributed by atoms with E-state index in [0.29, 0.717) is 34.5 Å². The minimum Gasteiger partial charge on any atom is -0.286 e. The number of halogens is 2. The highest BCUT2D eigenvalue weighted by molar-refractivity contribution is 8.13. The Balaban J connectivity index is 1.49. The highest BCUT2D eigenvalue weighted by atomic mass is 35.5. The molecular formula is C21H16Cl2N2OS. The zero-order valence-electron chi connectivity index (χ0n) is 14.4. The molecule has 0 saturated carbocycles. The van der Waals surface area contributed by atoms with E-state index < -0.39 is 0 Å². The summed E-state index contributed by atoms with van der Waals surface area (Å²) in [6.07, 6.45) is 0. The largest absolute Gasteiger partial charge is 0.286 e. The van der Waals surface area contributed by atoms with Crippen molar-refractivity contribution in [1.82, 2.24) is 4.90 Å². The van der Waals surface area contributed by atoms with Crippen molar-refractivity contribution in [2.75, 3.05) is 13.1 Å². The van der Waals surface area contributed by atoms with Crippen LogP contribution in [-0.2, 0) is 5.75 Å². The van der Waals surface area contributed by atoms with Gasteiger partial charge in [-0.2, -0.15) is 0 Å². The Morgan fingerprint density at radius 3 is 2.63 bits per heavy atom. The molecule has 0 N–H and O–H groups in total. The number of nitrogens with zero attached hydrogens (tertiary/aromatic N) is 2. The zero-order chi connectivity index (χ0) is 18.8. The van der Waals surface area contributed by atoms with Gasteiger partial charge < -0.3 is 0 Å². The lowest BCUT2D eigenvalue weighted by Crippen LogP contribution is -2.32. The SMILES string of the molecule is O=C(c1ccc2ccccc2c1)N1CCN=C1SCc1ccc(Cl)c(Cl)c1. The average molecular weight is 415 g/mol. The van der Waals surface area contributed by atoms with Crippen LogP contribution in [0.4, 0.5) is 0 Å². The lowest BCUT2D eigenvalue weighted by atomic mass is 10.1. The minimum absolute atomic E-state index is 0.0151. The standard InChI is InChI=1S/C21H16Cl2N2OS/c22-18-8-5-14(11-19(18)23)13-27-21-24-9-10-25(21)20(26)17-7-6-15-3-1-2-4-16(15)12-17/h1-8,11-12H,9-10,13H2. The number of amidine groups is 1. The molecule has 0 fully saturated rings. The number of fused-ring (bicyclic) bond motifs is 1. The number of thioether (sulfide) groups is 1. The fourth-order valence-corrected chi connectivity index (χ4v) is 4.30. The Bertz CT molecular complexity index is 1050. The molecule has 0 bridgehead atoms. The molecule has 1 aliphatic rings. The summed E-state index contributed by atoms with van der Waals surface area (Å²) in [5.74, 6) is 0.663. The van der Waals surface area contributed by atoms with Crippen LogP contribution < -0.4 is 0 Å². The van der Waals surface area contributed by atoms with Crippen molar-refractivity contribution in [3.05, 3.63) is 81.8 Å². The summed E-state index contributed by atoms with van der Waals surface area (Å²) in [5, 5.41) is 4.01. The number of hydrogen-bond donors (Lipinski definition) is 0. The molecule has 3 aromatic rings. The third-order valence-electron chi connectivity index (χ3n) is 4.40. The Hall–Kier alpha value is -2.01. The van der Waals surface area contributed by atoms with Crippen molar-refractivity contribution in [1.29, 1.82) is 0 Å². The Morgan fingerprint density at radius 1 is 1.00 bits per heavy atom. The summed E-state index contributed by atoms with van der Waals surface area (Å²) < 4.78 is 0. The molecule has 0 radical (unpaired) electrons. The predicted molar refractivity (Wildman–Crippen MR) is 115 cm³/mol. The summed E-state index contributed by atoms with van der Waals surface area (Å²) in [6.45, 7) is 1.23. The number of hydrogen-bond acceptors (Lipinski definition) is 3. The first-order valence-corrected chi connectivity index (χ1v) is 10.3. The van der Waals surface area contributed by atoms with Crippen LogP contribution in [0.5, 0.6) is 0 Å². The first-order chi connectivity index (χ1) is 13.1. The quantitative estimate of drug-likeness (QED) is 0.534. The van der Waals surface area contributed by atoms with E-state index in [9.17, 15) is 4.79 Å². The summed E-state index contributed by atoms with van der Waals surface area (Å²) >= 11 is 13.6. The van der Waals surface area contributed by atoms with Crippen molar-refractivity contribution in [3.8, 4) is 0 Å². The number of carbonyl (C=O) groups excluding carboxylic acids is 1. The first-order valence-electron chi connectivity index (χ1n) is 8.54. The molecule has 0 aliphatic carbocycles. The summed E-state index contributed by atoms with van der Waals surface area (Å²) in [4.78, 5) is 19.3. The molecule has 4 rings (SSSR count). The van der Waals surface area contributed by atoms with Gasteiger partial charge in [0.2, 0.25) is 0 Å². The van der Waals surface area contributed by atoms with Crippen LogP contribution >= 0.6 is 35.0 Å². The monoisotopic (exact) mass is 414 g/mol. The Labute approximate surface area is 172 Å². The van der Waals surface area contributed by atoms with E-state index in [2.05, 4.69) is 4.99 Å². The topological polar surface area (TPSA) is 32.7 Å². The van der Waals surface area contributed by atoms with Gasteiger partial charge in [0.15, 0.2) is 5.17 Å². The van der Waals surface area contributed by atoms with Crippen molar-refractivity contribution in [3.63, 3.8) is 0 Å². The molecular weight excluding hydrogens is 399 g/mol. The van der Waals surface area contributed by atoms with Crippen LogP contribution in [0.3, 0.4) is 0 Å². The molecule has 1 aliphatic heterocycles. The first kappa shape index (κ1) is 18.4. The fraction of sp³-hybridized carbons (Fsp3) is 0.143. The molecule has 0 spiro atoms. The highest BCUT2D eigenvalue weighted by Gasteiger charge is 2.25. The number of carbonyl (C=O) groups is 1. The van der Waals surface area contributed by atoms with Crippen LogP contribution in [0.1, 0.15) is 15.9 Å². The van der Waals surface area contributed by atoms with Gasteiger partial charge in [0, 0.05) is 17.9 Å². The summed E-state index contributed by atoms with van der Waals surface area (Å²) in [5.41, 5.74) is 1.72. The third kappa shape index (κ3) is 3.98. The second-order valence-electron chi connectivity index (χ2n) is 6.22. The molecule has 0 atom stereocenters. The van der Waals surface area contributed by atoms with Gasteiger partial charge in [-0.05, 0) is 40.6 Å². The maximum absolute atomic E-state index is 13.0. The lowest BCUT2D eigenvalue weighted by molar-refractivity contribution is 0.0861. The molecule has 0 saturated heterocycles. The second kappa shape index (κ2) is 7.93. The summed E-state index contributed by atoms with van der Waals surface area (Å²) in [7, 11) is 0. The maximum Gasteiger partial charge on any atom is 0.259 e. The second-order valence-corrected chi connectivity index (χ2v) is 7.98. The lowest BCUT2D eigenvalue weighted by Gasteiger charge is -2.18. The smallest absolute Gasteiger partial charge is 0.259 e. The van der Waals surface area contributed by atoms with E-state index in [4.69, 9.17) is 23.2 Å². The molecule has 0 unspecified atom stereocenters. The van der Waals surface area contributed by atoms with Crippen molar-refractivity contribution in [2.24, 2.45) is 4.99 Å². The van der Waals surface area contributed by atoms with Gasteiger partial charge in [-0.1, -0.05) is 71.4 Å².